The van der Waals surface area contributed by atoms with Crippen molar-refractivity contribution >= 4 is 22.4 Å². The number of anilines is 1. The Morgan fingerprint density at radius 2 is 2.00 bits per heavy atom. The van der Waals surface area contributed by atoms with Crippen molar-refractivity contribution in [1.29, 1.82) is 0 Å². The molecule has 1 amide bonds. The van der Waals surface area contributed by atoms with E-state index in [1.807, 2.05) is 6.92 Å². The first-order chi connectivity index (χ1) is 16.7. The maximum atomic E-state index is 15.1. The number of hydrogen-bond acceptors (Lipinski definition) is 9. The summed E-state index contributed by atoms with van der Waals surface area (Å²) in [5, 5.41) is 21.4. The monoisotopic (exact) mass is 501 g/mol. The fourth-order valence-electron chi connectivity index (χ4n) is 4.06. The minimum atomic E-state index is -0.595. The van der Waals surface area contributed by atoms with Crippen molar-refractivity contribution in [3.63, 3.8) is 0 Å². The van der Waals surface area contributed by atoms with Crippen LogP contribution in [0, 0.1) is 25.6 Å². The molecule has 0 atom stereocenters. The molecule has 1 aliphatic rings. The molecule has 1 aliphatic carbocycles. The summed E-state index contributed by atoms with van der Waals surface area (Å²) in [7, 11) is 1.42. The molecule has 0 aromatic carbocycles. The molecule has 0 radical (unpaired) electrons. The van der Waals surface area contributed by atoms with Crippen molar-refractivity contribution in [1.82, 2.24) is 20.2 Å². The van der Waals surface area contributed by atoms with Crippen molar-refractivity contribution in [2.45, 2.75) is 52.1 Å². The SMILES string of the molecule is COc1cnc(C)c(F)c1-c1cc(C)ncc1C(=O)Nc1nnc(OCC2CCC(C)(O)CC2)s1. The summed E-state index contributed by atoms with van der Waals surface area (Å²) in [5.41, 5.74) is 0.845. The molecule has 0 unspecified atom stereocenters. The number of ether oxygens (including phenoxy) is 2. The molecule has 3 heterocycles. The summed E-state index contributed by atoms with van der Waals surface area (Å²) in [4.78, 5) is 21.4. The third-order valence-corrected chi connectivity index (χ3v) is 6.94. The number of aromatic nitrogens is 4. The van der Waals surface area contributed by atoms with Gasteiger partial charge in [-0.3, -0.25) is 20.1 Å². The van der Waals surface area contributed by atoms with Crippen LogP contribution < -0.4 is 14.8 Å². The average Bonchev–Trinajstić information content (AvgIpc) is 3.27. The average molecular weight is 502 g/mol. The maximum absolute atomic E-state index is 15.1. The van der Waals surface area contributed by atoms with E-state index in [-0.39, 0.29) is 27.7 Å². The van der Waals surface area contributed by atoms with Crippen molar-refractivity contribution in [2.75, 3.05) is 19.0 Å². The van der Waals surface area contributed by atoms with Gasteiger partial charge in [0.1, 0.15) is 5.75 Å². The van der Waals surface area contributed by atoms with E-state index in [1.165, 1.54) is 19.5 Å². The summed E-state index contributed by atoms with van der Waals surface area (Å²) < 4.78 is 26.2. The van der Waals surface area contributed by atoms with Crippen LogP contribution in [-0.2, 0) is 0 Å². The van der Waals surface area contributed by atoms with Gasteiger partial charge in [0.25, 0.3) is 11.1 Å². The van der Waals surface area contributed by atoms with Crippen LogP contribution in [0.2, 0.25) is 0 Å². The van der Waals surface area contributed by atoms with Gasteiger partial charge in [-0.2, -0.15) is 0 Å². The first-order valence-electron chi connectivity index (χ1n) is 11.3. The van der Waals surface area contributed by atoms with E-state index in [9.17, 15) is 9.90 Å². The number of nitrogens with zero attached hydrogens (tertiary/aromatic N) is 4. The van der Waals surface area contributed by atoms with Crippen LogP contribution in [0.1, 0.15) is 54.4 Å². The lowest BCUT2D eigenvalue weighted by Gasteiger charge is -2.32. The molecule has 3 aromatic rings. The highest BCUT2D eigenvalue weighted by Crippen LogP contribution is 2.36. The van der Waals surface area contributed by atoms with Gasteiger partial charge in [-0.25, -0.2) is 4.39 Å². The zero-order valence-electron chi connectivity index (χ0n) is 20.1. The number of amides is 1. The molecule has 35 heavy (non-hydrogen) atoms. The molecule has 186 valence electrons. The van der Waals surface area contributed by atoms with Crippen LogP contribution in [-0.4, -0.2) is 50.5 Å². The van der Waals surface area contributed by atoms with Crippen LogP contribution in [0.4, 0.5) is 9.52 Å². The second-order valence-electron chi connectivity index (χ2n) is 9.05. The van der Waals surface area contributed by atoms with Crippen molar-refractivity contribution < 1.29 is 23.8 Å². The van der Waals surface area contributed by atoms with Gasteiger partial charge in [0.05, 0.1) is 42.3 Å². The highest BCUT2D eigenvalue weighted by Gasteiger charge is 2.29. The van der Waals surface area contributed by atoms with Gasteiger partial charge >= 0.3 is 0 Å². The van der Waals surface area contributed by atoms with Crippen LogP contribution in [0.25, 0.3) is 11.1 Å². The molecule has 9 nitrogen and oxygen atoms in total. The molecule has 2 N–H and O–H groups in total. The topological polar surface area (TPSA) is 119 Å². The summed E-state index contributed by atoms with van der Waals surface area (Å²) in [5.74, 6) is -0.531. The van der Waals surface area contributed by atoms with E-state index in [4.69, 9.17) is 9.47 Å². The zero-order valence-corrected chi connectivity index (χ0v) is 20.9. The number of aliphatic hydroxyl groups is 1. The second-order valence-corrected chi connectivity index (χ2v) is 9.99. The quantitative estimate of drug-likeness (QED) is 0.491. The minimum absolute atomic E-state index is 0.142. The first-order valence-corrected chi connectivity index (χ1v) is 12.1. The molecule has 1 saturated carbocycles. The molecule has 4 rings (SSSR count). The summed E-state index contributed by atoms with van der Waals surface area (Å²) in [6.07, 6.45) is 6.07. The van der Waals surface area contributed by atoms with E-state index in [0.717, 1.165) is 37.0 Å². The van der Waals surface area contributed by atoms with Crippen molar-refractivity contribution in [2.24, 2.45) is 5.92 Å². The van der Waals surface area contributed by atoms with Gasteiger partial charge in [-0.1, -0.05) is 5.10 Å². The van der Waals surface area contributed by atoms with E-state index in [1.54, 1.807) is 19.9 Å². The molecular formula is C24H28FN5O4S. The van der Waals surface area contributed by atoms with Gasteiger partial charge < -0.3 is 14.6 Å². The Bertz CT molecular complexity index is 1220. The minimum Gasteiger partial charge on any atom is -0.494 e. The molecule has 1 fully saturated rings. The summed E-state index contributed by atoms with van der Waals surface area (Å²) in [6, 6.07) is 1.63. The first kappa shape index (κ1) is 24.9. The fraction of sp³-hybridized carbons (Fsp3) is 0.458. The number of rotatable bonds is 7. The lowest BCUT2D eigenvalue weighted by Crippen LogP contribution is -2.32. The zero-order chi connectivity index (χ0) is 25.2. The number of hydrogen-bond donors (Lipinski definition) is 2. The summed E-state index contributed by atoms with van der Waals surface area (Å²) >= 11 is 1.11. The molecule has 0 bridgehead atoms. The van der Waals surface area contributed by atoms with Crippen molar-refractivity contribution in [3.8, 4) is 22.1 Å². The number of nitrogens with one attached hydrogen (secondary N) is 1. The number of methoxy groups -OCH3 is 1. The molecule has 0 aliphatic heterocycles. The molecular weight excluding hydrogens is 473 g/mol. The number of aryl methyl sites for hydroxylation is 2. The molecule has 3 aromatic heterocycles. The standard InChI is InChI=1S/C24H28FN5O4S/c1-13-9-16(19-18(33-4)11-27-14(2)20(19)25)17(10-26-13)21(31)28-22-29-30-23(35-22)34-12-15-5-7-24(3,32)8-6-15/h9-11,15,32H,5-8,12H2,1-4H3,(H,28,29,31). The van der Waals surface area contributed by atoms with Crippen LogP contribution in [0.3, 0.4) is 0 Å². The number of carbonyl (C=O) groups is 1. The number of halogens is 1. The van der Waals surface area contributed by atoms with Crippen LogP contribution in [0.5, 0.6) is 10.9 Å². The van der Waals surface area contributed by atoms with E-state index in [0.29, 0.717) is 29.0 Å². The smallest absolute Gasteiger partial charge is 0.295 e. The van der Waals surface area contributed by atoms with Crippen LogP contribution in [0.15, 0.2) is 18.5 Å². The van der Waals surface area contributed by atoms with Gasteiger partial charge in [0, 0.05) is 17.5 Å². The summed E-state index contributed by atoms with van der Waals surface area (Å²) in [6.45, 7) is 5.64. The number of carbonyl (C=O) groups excluding carboxylic acids is 1. The normalized spacial score (nSPS) is 19.9. The Morgan fingerprint density at radius 1 is 1.26 bits per heavy atom. The number of pyridine rings is 2. The van der Waals surface area contributed by atoms with E-state index in [2.05, 4.69) is 25.5 Å². The third-order valence-electron chi connectivity index (χ3n) is 6.19. The Labute approximate surface area is 206 Å². The van der Waals surface area contributed by atoms with E-state index >= 15 is 4.39 Å². The van der Waals surface area contributed by atoms with Gasteiger partial charge in [0.2, 0.25) is 5.13 Å². The van der Waals surface area contributed by atoms with Crippen molar-refractivity contribution in [3.05, 3.63) is 41.2 Å². The second kappa shape index (κ2) is 10.2. The van der Waals surface area contributed by atoms with Gasteiger partial charge in [-0.15, -0.1) is 5.10 Å². The lowest BCUT2D eigenvalue weighted by atomic mass is 9.80. The highest BCUT2D eigenvalue weighted by atomic mass is 32.1. The Morgan fingerprint density at radius 3 is 2.71 bits per heavy atom. The van der Waals surface area contributed by atoms with Gasteiger partial charge in [0.15, 0.2) is 5.82 Å². The fourth-order valence-corrected chi connectivity index (χ4v) is 4.66. The third kappa shape index (κ3) is 5.73. The van der Waals surface area contributed by atoms with Crippen LogP contribution >= 0.6 is 11.3 Å². The maximum Gasteiger partial charge on any atom is 0.295 e. The van der Waals surface area contributed by atoms with Gasteiger partial charge in [-0.05, 0) is 69.8 Å². The van der Waals surface area contributed by atoms with E-state index < -0.39 is 17.3 Å². The largest absolute Gasteiger partial charge is 0.494 e. The highest BCUT2D eigenvalue weighted by molar-refractivity contribution is 7.17. The Kier molecular flexibility index (Phi) is 7.27. The molecule has 0 spiro atoms. The Hall–Kier alpha value is -3.18. The molecule has 11 heteroatoms. The predicted molar refractivity (Wildman–Crippen MR) is 129 cm³/mol. The molecule has 0 saturated heterocycles. The predicted octanol–water partition coefficient (Wildman–Crippen LogP) is 4.33. The Balaban J connectivity index is 1.49. The lowest BCUT2D eigenvalue weighted by molar-refractivity contribution is 0.00148.